The van der Waals surface area contributed by atoms with Crippen molar-refractivity contribution in [3.8, 4) is 0 Å². The SMILES string of the molecule is CC(=O)C(C(C)=O)C(C)/C=C/B1OC(C)(C)C(C)(C)O1. The van der Waals surface area contributed by atoms with Crippen LogP contribution in [0.3, 0.4) is 0 Å². The molecule has 0 saturated carbocycles. The van der Waals surface area contributed by atoms with Crippen LogP contribution in [0.1, 0.15) is 48.5 Å². The largest absolute Gasteiger partial charge is 0.486 e. The van der Waals surface area contributed by atoms with Gasteiger partial charge in [0, 0.05) is 0 Å². The van der Waals surface area contributed by atoms with Gasteiger partial charge in [-0.05, 0) is 47.5 Å². The van der Waals surface area contributed by atoms with E-state index in [-0.39, 0.29) is 28.7 Å². The molecule has 1 rings (SSSR count). The zero-order chi connectivity index (χ0) is 15.7. The van der Waals surface area contributed by atoms with Crippen LogP contribution in [0.5, 0.6) is 0 Å². The number of ketones is 2. The number of allylic oxidation sites excluding steroid dienone is 1. The van der Waals surface area contributed by atoms with E-state index in [1.165, 1.54) is 13.8 Å². The molecule has 0 aromatic heterocycles. The van der Waals surface area contributed by atoms with Crippen LogP contribution < -0.4 is 0 Å². The molecule has 5 heteroatoms. The number of hydrogen-bond donors (Lipinski definition) is 0. The molecule has 1 aliphatic rings. The van der Waals surface area contributed by atoms with Gasteiger partial charge < -0.3 is 9.31 Å². The number of hydrogen-bond acceptors (Lipinski definition) is 4. The minimum Gasteiger partial charge on any atom is -0.400 e. The molecule has 1 atom stereocenters. The second-order valence-electron chi connectivity index (χ2n) is 6.57. The molecule has 0 radical (unpaired) electrons. The lowest BCUT2D eigenvalue weighted by Gasteiger charge is -2.32. The molecule has 1 unspecified atom stereocenters. The Morgan fingerprint density at radius 3 is 1.75 bits per heavy atom. The Balaban J connectivity index is 2.75. The Kier molecular flexibility index (Phi) is 4.98. The van der Waals surface area contributed by atoms with E-state index in [1.807, 2.05) is 40.7 Å². The van der Waals surface area contributed by atoms with E-state index in [2.05, 4.69) is 0 Å². The molecule has 20 heavy (non-hydrogen) atoms. The van der Waals surface area contributed by atoms with Gasteiger partial charge in [0.2, 0.25) is 0 Å². The van der Waals surface area contributed by atoms with Crippen molar-refractivity contribution in [2.24, 2.45) is 11.8 Å². The predicted octanol–water partition coefficient (Wildman–Crippen LogP) is 2.60. The molecule has 0 aliphatic carbocycles. The highest BCUT2D eigenvalue weighted by Gasteiger charge is 2.50. The van der Waals surface area contributed by atoms with Crippen molar-refractivity contribution in [1.82, 2.24) is 0 Å². The molecule has 1 aliphatic heterocycles. The fraction of sp³-hybridized carbons (Fsp3) is 0.733. The van der Waals surface area contributed by atoms with Gasteiger partial charge in [-0.3, -0.25) is 9.59 Å². The van der Waals surface area contributed by atoms with Gasteiger partial charge in [-0.1, -0.05) is 19.0 Å². The summed E-state index contributed by atoms with van der Waals surface area (Å²) < 4.78 is 11.7. The zero-order valence-corrected chi connectivity index (χ0v) is 13.5. The molecule has 1 heterocycles. The Labute approximate surface area is 122 Å². The summed E-state index contributed by atoms with van der Waals surface area (Å²) in [7, 11) is -0.443. The van der Waals surface area contributed by atoms with E-state index >= 15 is 0 Å². The molecule has 4 nitrogen and oxygen atoms in total. The van der Waals surface area contributed by atoms with Crippen LogP contribution in [-0.2, 0) is 18.9 Å². The Morgan fingerprint density at radius 1 is 1.00 bits per heavy atom. The van der Waals surface area contributed by atoms with Crippen LogP contribution in [0, 0.1) is 11.8 Å². The van der Waals surface area contributed by atoms with Crippen LogP contribution in [0.2, 0.25) is 0 Å². The van der Waals surface area contributed by atoms with Gasteiger partial charge in [0.1, 0.15) is 11.6 Å². The van der Waals surface area contributed by atoms with Gasteiger partial charge in [0.15, 0.2) is 0 Å². The normalized spacial score (nSPS) is 22.5. The lowest BCUT2D eigenvalue weighted by atomic mass is 9.82. The number of carbonyl (C=O) groups excluding carboxylic acids is 2. The molecule has 0 N–H and O–H groups in total. The summed E-state index contributed by atoms with van der Waals surface area (Å²) in [6.07, 6.45) is 1.83. The van der Waals surface area contributed by atoms with Crippen molar-refractivity contribution in [2.45, 2.75) is 59.7 Å². The summed E-state index contributed by atoms with van der Waals surface area (Å²) in [6, 6.07) is 0. The third kappa shape index (κ3) is 3.58. The van der Waals surface area contributed by atoms with Gasteiger partial charge in [0.05, 0.1) is 17.1 Å². The first-order chi connectivity index (χ1) is 8.98. The van der Waals surface area contributed by atoms with E-state index in [4.69, 9.17) is 9.31 Å². The standard InChI is InChI=1S/C15H25BO4/c1-10(13(11(2)17)12(3)18)8-9-16-19-14(4,5)15(6,7)20-16/h8-10,13H,1-7H3/b9-8+. The average Bonchev–Trinajstić information content (AvgIpc) is 2.43. The van der Waals surface area contributed by atoms with E-state index in [1.54, 1.807) is 5.98 Å². The summed E-state index contributed by atoms with van der Waals surface area (Å²) >= 11 is 0. The van der Waals surface area contributed by atoms with Crippen LogP contribution in [0.4, 0.5) is 0 Å². The molecule has 0 aromatic rings. The zero-order valence-electron chi connectivity index (χ0n) is 13.5. The van der Waals surface area contributed by atoms with Crippen molar-refractivity contribution in [2.75, 3.05) is 0 Å². The van der Waals surface area contributed by atoms with Crippen molar-refractivity contribution in [3.05, 3.63) is 12.1 Å². The number of carbonyl (C=O) groups is 2. The number of Topliss-reactive ketones (excluding diaryl/α,β-unsaturated/α-hetero) is 2. The van der Waals surface area contributed by atoms with E-state index < -0.39 is 13.0 Å². The van der Waals surface area contributed by atoms with E-state index in [0.717, 1.165) is 0 Å². The molecule has 0 spiro atoms. The first-order valence-corrected chi connectivity index (χ1v) is 7.03. The maximum atomic E-state index is 11.5. The molecule has 0 aromatic carbocycles. The van der Waals surface area contributed by atoms with Gasteiger partial charge in [-0.2, -0.15) is 0 Å². The van der Waals surface area contributed by atoms with Crippen LogP contribution in [-0.4, -0.2) is 29.9 Å². The molecule has 1 fully saturated rings. The minimum atomic E-state index is -0.589. The smallest absolute Gasteiger partial charge is 0.400 e. The summed E-state index contributed by atoms with van der Waals surface area (Å²) in [6.45, 7) is 12.7. The van der Waals surface area contributed by atoms with Gasteiger partial charge >= 0.3 is 7.12 Å². The van der Waals surface area contributed by atoms with Crippen LogP contribution in [0.25, 0.3) is 0 Å². The Hall–Kier alpha value is -0.935. The highest BCUT2D eigenvalue weighted by atomic mass is 16.7. The Bertz CT molecular complexity index is 396. The van der Waals surface area contributed by atoms with Crippen molar-refractivity contribution in [1.29, 1.82) is 0 Å². The predicted molar refractivity (Wildman–Crippen MR) is 79.2 cm³/mol. The molecule has 112 valence electrons. The maximum Gasteiger partial charge on any atom is 0.486 e. The number of rotatable bonds is 5. The Morgan fingerprint density at radius 2 is 1.40 bits per heavy atom. The van der Waals surface area contributed by atoms with E-state index in [9.17, 15) is 9.59 Å². The first-order valence-electron chi connectivity index (χ1n) is 7.03. The van der Waals surface area contributed by atoms with Gasteiger partial charge in [-0.25, -0.2) is 0 Å². The molecular formula is C15H25BO4. The van der Waals surface area contributed by atoms with Crippen molar-refractivity contribution < 1.29 is 18.9 Å². The molecule has 0 amide bonds. The fourth-order valence-corrected chi connectivity index (χ4v) is 2.37. The monoisotopic (exact) mass is 280 g/mol. The quantitative estimate of drug-likeness (QED) is 0.573. The lowest BCUT2D eigenvalue weighted by Crippen LogP contribution is -2.41. The maximum absolute atomic E-state index is 11.5. The minimum absolute atomic E-state index is 0.108. The fourth-order valence-electron chi connectivity index (χ4n) is 2.37. The second-order valence-corrected chi connectivity index (χ2v) is 6.57. The third-order valence-corrected chi connectivity index (χ3v) is 4.25. The summed E-state index contributed by atoms with van der Waals surface area (Å²) in [5.74, 6) is 0.824. The molecular weight excluding hydrogens is 255 g/mol. The molecule has 0 bridgehead atoms. The van der Waals surface area contributed by atoms with Crippen LogP contribution >= 0.6 is 0 Å². The van der Waals surface area contributed by atoms with Gasteiger partial charge in [0.25, 0.3) is 0 Å². The second kappa shape index (κ2) is 5.82. The first kappa shape index (κ1) is 17.1. The van der Waals surface area contributed by atoms with Crippen LogP contribution in [0.15, 0.2) is 12.1 Å². The van der Waals surface area contributed by atoms with Gasteiger partial charge in [-0.15, -0.1) is 0 Å². The van der Waals surface area contributed by atoms with Crippen molar-refractivity contribution >= 4 is 18.7 Å². The molecule has 1 saturated heterocycles. The lowest BCUT2D eigenvalue weighted by molar-refractivity contribution is -0.131. The van der Waals surface area contributed by atoms with E-state index in [0.29, 0.717) is 0 Å². The average molecular weight is 280 g/mol. The topological polar surface area (TPSA) is 52.6 Å². The summed E-state index contributed by atoms with van der Waals surface area (Å²) in [5.41, 5.74) is -0.766. The summed E-state index contributed by atoms with van der Waals surface area (Å²) in [4.78, 5) is 23.0. The third-order valence-electron chi connectivity index (χ3n) is 4.25. The van der Waals surface area contributed by atoms with Crippen molar-refractivity contribution in [3.63, 3.8) is 0 Å². The highest BCUT2D eigenvalue weighted by molar-refractivity contribution is 6.51. The summed E-state index contributed by atoms with van der Waals surface area (Å²) in [5, 5.41) is 0. The highest BCUT2D eigenvalue weighted by Crippen LogP contribution is 2.37.